The number of fused-ring (bicyclic) bond motifs is 1. The lowest BCUT2D eigenvalue weighted by Crippen LogP contribution is -2.45. The van der Waals surface area contributed by atoms with Gasteiger partial charge in [-0.15, -0.1) is 0 Å². The minimum atomic E-state index is -0.775. The van der Waals surface area contributed by atoms with E-state index in [-0.39, 0.29) is 6.04 Å². The van der Waals surface area contributed by atoms with Gasteiger partial charge in [-0.2, -0.15) is 0 Å². The largest absolute Gasteiger partial charge is 0.353 e. The van der Waals surface area contributed by atoms with E-state index in [9.17, 15) is 9.59 Å². The van der Waals surface area contributed by atoms with E-state index in [4.69, 9.17) is 35.3 Å². The van der Waals surface area contributed by atoms with Gasteiger partial charge in [0.25, 0.3) is 0 Å². The van der Waals surface area contributed by atoms with Crippen LogP contribution < -0.4 is 0 Å². The molecule has 0 aromatic heterocycles. The summed E-state index contributed by atoms with van der Waals surface area (Å²) in [4.78, 5) is 24.7. The van der Waals surface area contributed by atoms with E-state index in [0.29, 0.717) is 0 Å². The third-order valence-electron chi connectivity index (χ3n) is 2.57. The Labute approximate surface area is 108 Å². The number of amides is 4. The Hall–Kier alpha value is -0.590. The molecule has 0 N–H and O–H groups in total. The van der Waals surface area contributed by atoms with Crippen LogP contribution in [-0.2, 0) is 0 Å². The minimum Gasteiger partial charge on any atom is -0.295 e. The van der Waals surface area contributed by atoms with Gasteiger partial charge < -0.3 is 0 Å². The average molecular weight is 288 g/mol. The molecule has 9 heteroatoms. The van der Waals surface area contributed by atoms with Crippen molar-refractivity contribution >= 4 is 47.4 Å². The Morgan fingerprint density at radius 1 is 0.938 bits per heavy atom. The molecule has 6 nitrogen and oxygen atoms in total. The number of hydrogen-bond acceptors (Lipinski definition) is 2. The van der Waals surface area contributed by atoms with Gasteiger partial charge in [0.05, 0.1) is 0 Å². The SMILES string of the molecule is CC(C)N1C(=O)N(Cl)[C@@H]2[C@@H]1N(Cl)C(=O)N2Cl. The van der Waals surface area contributed by atoms with E-state index in [0.717, 1.165) is 13.3 Å². The molecule has 0 unspecified atom stereocenters. The molecule has 2 saturated heterocycles. The van der Waals surface area contributed by atoms with Crippen LogP contribution >= 0.6 is 35.3 Å². The molecule has 0 saturated carbocycles. The summed E-state index contributed by atoms with van der Waals surface area (Å²) in [5.74, 6) is 0. The predicted octanol–water partition coefficient (Wildman–Crippen LogP) is 1.98. The maximum Gasteiger partial charge on any atom is 0.353 e. The lowest BCUT2D eigenvalue weighted by atomic mass is 10.3. The standard InChI is InChI=1S/C7H9Cl3N4O2/c1-3(2)11-4-5(13(9)6(11)15)14(10)7(16)12(4)8/h3-5H,1-2H3/t4-,5-/m0/s1. The van der Waals surface area contributed by atoms with E-state index < -0.39 is 24.4 Å². The summed E-state index contributed by atoms with van der Waals surface area (Å²) in [6.45, 7) is 3.61. The summed E-state index contributed by atoms with van der Waals surface area (Å²) in [6, 6.07) is -1.15. The van der Waals surface area contributed by atoms with Crippen molar-refractivity contribution in [1.29, 1.82) is 0 Å². The summed E-state index contributed by atoms with van der Waals surface area (Å²) >= 11 is 17.4. The highest BCUT2D eigenvalue weighted by molar-refractivity contribution is 6.31. The zero-order valence-electron chi connectivity index (χ0n) is 8.47. The van der Waals surface area contributed by atoms with Crippen LogP contribution in [0.3, 0.4) is 0 Å². The number of hydrogen-bond donors (Lipinski definition) is 0. The van der Waals surface area contributed by atoms with E-state index >= 15 is 0 Å². The van der Waals surface area contributed by atoms with Crippen molar-refractivity contribution in [2.45, 2.75) is 32.2 Å². The van der Waals surface area contributed by atoms with Gasteiger partial charge in [-0.1, -0.05) is 0 Å². The topological polar surface area (TPSA) is 47.1 Å². The first-order valence-corrected chi connectivity index (χ1v) is 5.60. The van der Waals surface area contributed by atoms with E-state index in [1.54, 1.807) is 13.8 Å². The van der Waals surface area contributed by atoms with Crippen LogP contribution in [0.25, 0.3) is 0 Å². The number of halogens is 3. The van der Waals surface area contributed by atoms with Gasteiger partial charge in [0.15, 0.2) is 12.3 Å². The van der Waals surface area contributed by atoms with Crippen molar-refractivity contribution in [3.8, 4) is 0 Å². The second-order valence-corrected chi connectivity index (χ2v) is 4.92. The molecule has 2 atom stereocenters. The molecule has 2 aliphatic heterocycles. The first-order valence-electron chi connectivity index (χ1n) is 4.59. The molecule has 2 aliphatic rings. The molecule has 0 aromatic carbocycles. The highest BCUT2D eigenvalue weighted by atomic mass is 35.5. The monoisotopic (exact) mass is 286 g/mol. The smallest absolute Gasteiger partial charge is 0.295 e. The van der Waals surface area contributed by atoms with Crippen molar-refractivity contribution in [1.82, 2.24) is 18.2 Å². The van der Waals surface area contributed by atoms with Gasteiger partial charge in [-0.25, -0.2) is 22.8 Å². The highest BCUT2D eigenvalue weighted by Crippen LogP contribution is 2.39. The summed E-state index contributed by atoms with van der Waals surface area (Å²) in [7, 11) is 0. The van der Waals surface area contributed by atoms with Crippen LogP contribution in [-0.4, -0.2) is 48.6 Å². The molecule has 90 valence electrons. The summed E-state index contributed by atoms with van der Waals surface area (Å²) in [6.07, 6.45) is -1.44. The molecule has 4 amide bonds. The fourth-order valence-corrected chi connectivity index (χ4v) is 2.78. The fourth-order valence-electron chi connectivity index (χ4n) is 1.87. The quantitative estimate of drug-likeness (QED) is 0.692. The third-order valence-corrected chi connectivity index (χ3v) is 3.61. The zero-order valence-corrected chi connectivity index (χ0v) is 10.7. The lowest BCUT2D eigenvalue weighted by Gasteiger charge is -2.27. The van der Waals surface area contributed by atoms with Crippen LogP contribution in [0.5, 0.6) is 0 Å². The third kappa shape index (κ3) is 1.33. The number of nitrogens with zero attached hydrogens (tertiary/aromatic N) is 4. The predicted molar refractivity (Wildman–Crippen MR) is 58.4 cm³/mol. The van der Waals surface area contributed by atoms with E-state index in [1.165, 1.54) is 4.90 Å². The Balaban J connectivity index is 2.40. The van der Waals surface area contributed by atoms with Crippen LogP contribution in [0.4, 0.5) is 9.59 Å². The van der Waals surface area contributed by atoms with Crippen LogP contribution in [0.15, 0.2) is 0 Å². The van der Waals surface area contributed by atoms with E-state index in [2.05, 4.69) is 0 Å². The number of rotatable bonds is 1. The summed E-state index contributed by atoms with van der Waals surface area (Å²) in [5, 5.41) is 0. The van der Waals surface area contributed by atoms with Crippen molar-refractivity contribution < 1.29 is 9.59 Å². The van der Waals surface area contributed by atoms with Crippen molar-refractivity contribution in [2.24, 2.45) is 0 Å². The van der Waals surface area contributed by atoms with Gasteiger partial charge in [0, 0.05) is 41.4 Å². The number of carbonyl (C=O) groups is 2. The summed E-state index contributed by atoms with van der Waals surface area (Å²) < 4.78 is 2.60. The van der Waals surface area contributed by atoms with Crippen LogP contribution in [0.2, 0.25) is 0 Å². The summed E-state index contributed by atoms with van der Waals surface area (Å²) in [5.41, 5.74) is 0. The zero-order chi connectivity index (χ0) is 12.2. The molecule has 0 aliphatic carbocycles. The molecule has 0 spiro atoms. The fraction of sp³-hybridized carbons (Fsp3) is 0.714. The molecule has 2 fully saturated rings. The van der Waals surface area contributed by atoms with Gasteiger partial charge in [0.1, 0.15) is 0 Å². The molecule has 16 heavy (non-hydrogen) atoms. The van der Waals surface area contributed by atoms with Crippen molar-refractivity contribution in [3.63, 3.8) is 0 Å². The molecule has 0 radical (unpaired) electrons. The number of urea groups is 2. The first-order chi connectivity index (χ1) is 7.37. The highest BCUT2D eigenvalue weighted by Gasteiger charge is 2.60. The Morgan fingerprint density at radius 3 is 1.88 bits per heavy atom. The van der Waals surface area contributed by atoms with Crippen LogP contribution in [0, 0.1) is 0 Å². The Morgan fingerprint density at radius 2 is 1.38 bits per heavy atom. The van der Waals surface area contributed by atoms with Crippen molar-refractivity contribution in [3.05, 3.63) is 0 Å². The van der Waals surface area contributed by atoms with Gasteiger partial charge in [-0.05, 0) is 13.8 Å². The van der Waals surface area contributed by atoms with Gasteiger partial charge in [-0.3, -0.25) is 4.90 Å². The maximum atomic E-state index is 11.8. The molecule has 0 aromatic rings. The molecule has 2 heterocycles. The lowest BCUT2D eigenvalue weighted by molar-refractivity contribution is 0.149. The second kappa shape index (κ2) is 3.72. The molecular weight excluding hydrogens is 278 g/mol. The maximum absolute atomic E-state index is 11.8. The Kier molecular flexibility index (Phi) is 2.76. The first kappa shape index (κ1) is 11.9. The van der Waals surface area contributed by atoms with Crippen LogP contribution in [0.1, 0.15) is 13.8 Å². The number of carbonyl (C=O) groups excluding carboxylic acids is 2. The Bertz CT molecular complexity index is 353. The second-order valence-electron chi connectivity index (χ2n) is 3.83. The average Bonchev–Trinajstić information content (AvgIpc) is 2.59. The molecule has 0 bridgehead atoms. The van der Waals surface area contributed by atoms with Gasteiger partial charge >= 0.3 is 12.1 Å². The normalized spacial score (nSPS) is 29.9. The minimum absolute atomic E-state index is 0.138. The van der Waals surface area contributed by atoms with E-state index in [1.807, 2.05) is 0 Å². The van der Waals surface area contributed by atoms with Crippen molar-refractivity contribution in [2.75, 3.05) is 0 Å². The molecule has 2 rings (SSSR count). The molecular formula is C7H9Cl3N4O2. The van der Waals surface area contributed by atoms with Gasteiger partial charge in [0.2, 0.25) is 0 Å².